The molecule has 114 valence electrons. The summed E-state index contributed by atoms with van der Waals surface area (Å²) >= 11 is 0. The van der Waals surface area contributed by atoms with Crippen molar-refractivity contribution in [2.75, 3.05) is 11.9 Å². The highest BCUT2D eigenvalue weighted by atomic mass is 16.5. The highest BCUT2D eigenvalue weighted by molar-refractivity contribution is 5.27. The highest BCUT2D eigenvalue weighted by Gasteiger charge is 2.17. The Morgan fingerprint density at radius 2 is 2.05 bits per heavy atom. The van der Waals surface area contributed by atoms with Crippen molar-refractivity contribution in [1.29, 1.82) is 0 Å². The van der Waals surface area contributed by atoms with Crippen LogP contribution in [-0.4, -0.2) is 22.6 Å². The molecule has 20 heavy (non-hydrogen) atoms. The maximum Gasteiger partial charge on any atom is 0.225 e. The zero-order chi connectivity index (χ0) is 15.0. The standard InChI is InChI=1S/C16H29N3O/c1-6-7-8-10-16(4,5)12-18-15-17-11-9-14(19-15)20-13(2)3/h9,11,13H,6-8,10,12H2,1-5H3,(H,17,18,19). The summed E-state index contributed by atoms with van der Waals surface area (Å²) in [5.41, 5.74) is 0.257. The fourth-order valence-corrected chi connectivity index (χ4v) is 1.99. The molecule has 1 aromatic heterocycles. The molecule has 0 saturated heterocycles. The first-order chi connectivity index (χ1) is 9.43. The van der Waals surface area contributed by atoms with Gasteiger partial charge in [0, 0.05) is 18.8 Å². The van der Waals surface area contributed by atoms with Gasteiger partial charge in [-0.2, -0.15) is 4.98 Å². The van der Waals surface area contributed by atoms with Gasteiger partial charge in [-0.05, 0) is 25.7 Å². The first-order valence-electron chi connectivity index (χ1n) is 7.66. The van der Waals surface area contributed by atoms with Crippen molar-refractivity contribution in [2.45, 2.75) is 66.4 Å². The molecule has 1 heterocycles. The van der Waals surface area contributed by atoms with Crippen LogP contribution in [0.5, 0.6) is 5.88 Å². The Balaban J connectivity index is 2.47. The van der Waals surface area contributed by atoms with Gasteiger partial charge in [0.2, 0.25) is 11.8 Å². The molecule has 0 aliphatic carbocycles. The van der Waals surface area contributed by atoms with E-state index in [-0.39, 0.29) is 11.5 Å². The second-order valence-electron chi connectivity index (χ2n) is 6.36. The lowest BCUT2D eigenvalue weighted by atomic mass is 9.87. The van der Waals surface area contributed by atoms with Crippen LogP contribution in [0, 0.1) is 5.41 Å². The van der Waals surface area contributed by atoms with E-state index >= 15 is 0 Å². The van der Waals surface area contributed by atoms with Crippen molar-refractivity contribution in [3.8, 4) is 5.88 Å². The Bertz CT molecular complexity index is 391. The number of unbranched alkanes of at least 4 members (excludes halogenated alkanes) is 2. The molecule has 0 spiro atoms. The van der Waals surface area contributed by atoms with Crippen LogP contribution in [0.15, 0.2) is 12.3 Å². The highest BCUT2D eigenvalue weighted by Crippen LogP contribution is 2.24. The van der Waals surface area contributed by atoms with E-state index in [1.807, 2.05) is 13.8 Å². The van der Waals surface area contributed by atoms with E-state index in [1.54, 1.807) is 12.3 Å². The van der Waals surface area contributed by atoms with Crippen LogP contribution >= 0.6 is 0 Å². The topological polar surface area (TPSA) is 47.0 Å². The third kappa shape index (κ3) is 6.73. The molecular formula is C16H29N3O. The lowest BCUT2D eigenvalue weighted by Gasteiger charge is -2.25. The smallest absolute Gasteiger partial charge is 0.225 e. The molecule has 0 aromatic carbocycles. The summed E-state index contributed by atoms with van der Waals surface area (Å²) < 4.78 is 5.58. The van der Waals surface area contributed by atoms with Gasteiger partial charge in [0.1, 0.15) is 0 Å². The summed E-state index contributed by atoms with van der Waals surface area (Å²) in [4.78, 5) is 8.61. The fourth-order valence-electron chi connectivity index (χ4n) is 1.99. The molecule has 0 fully saturated rings. The molecule has 4 heteroatoms. The van der Waals surface area contributed by atoms with Crippen LogP contribution in [0.2, 0.25) is 0 Å². The molecule has 0 unspecified atom stereocenters. The largest absolute Gasteiger partial charge is 0.475 e. The molecule has 0 bridgehead atoms. The Hall–Kier alpha value is -1.32. The second-order valence-corrected chi connectivity index (χ2v) is 6.36. The van der Waals surface area contributed by atoms with Crippen molar-refractivity contribution in [3.63, 3.8) is 0 Å². The van der Waals surface area contributed by atoms with E-state index in [9.17, 15) is 0 Å². The fraction of sp³-hybridized carbons (Fsp3) is 0.750. The molecule has 1 rings (SSSR count). The number of aromatic nitrogens is 2. The molecule has 1 N–H and O–H groups in total. The Morgan fingerprint density at radius 3 is 2.70 bits per heavy atom. The van der Waals surface area contributed by atoms with Gasteiger partial charge in [0.15, 0.2) is 0 Å². The summed E-state index contributed by atoms with van der Waals surface area (Å²) in [5.74, 6) is 1.27. The zero-order valence-electron chi connectivity index (χ0n) is 13.6. The van der Waals surface area contributed by atoms with Crippen molar-refractivity contribution in [2.24, 2.45) is 5.41 Å². The lowest BCUT2D eigenvalue weighted by Crippen LogP contribution is -2.24. The van der Waals surface area contributed by atoms with Crippen molar-refractivity contribution in [3.05, 3.63) is 12.3 Å². The number of rotatable bonds is 9. The van der Waals surface area contributed by atoms with E-state index in [0.29, 0.717) is 11.8 Å². The van der Waals surface area contributed by atoms with Crippen LogP contribution in [0.4, 0.5) is 5.95 Å². The number of nitrogens with one attached hydrogen (secondary N) is 1. The maximum atomic E-state index is 5.58. The van der Waals surface area contributed by atoms with Crippen molar-refractivity contribution < 1.29 is 4.74 Å². The third-order valence-corrected chi connectivity index (χ3v) is 3.17. The molecule has 4 nitrogen and oxygen atoms in total. The minimum absolute atomic E-state index is 0.128. The first-order valence-corrected chi connectivity index (χ1v) is 7.66. The Labute approximate surface area is 123 Å². The SMILES string of the molecule is CCCCCC(C)(C)CNc1nccc(OC(C)C)n1. The first kappa shape index (κ1) is 16.7. The molecule has 0 amide bonds. The summed E-state index contributed by atoms with van der Waals surface area (Å²) in [7, 11) is 0. The summed E-state index contributed by atoms with van der Waals surface area (Å²) in [6.45, 7) is 11.7. The van der Waals surface area contributed by atoms with Crippen LogP contribution < -0.4 is 10.1 Å². The van der Waals surface area contributed by atoms with Gasteiger partial charge in [-0.25, -0.2) is 4.98 Å². The Morgan fingerprint density at radius 1 is 1.30 bits per heavy atom. The molecule has 1 aromatic rings. The number of anilines is 1. The average molecular weight is 279 g/mol. The lowest BCUT2D eigenvalue weighted by molar-refractivity contribution is 0.232. The summed E-state index contributed by atoms with van der Waals surface area (Å²) in [6, 6.07) is 1.79. The van der Waals surface area contributed by atoms with Gasteiger partial charge in [-0.1, -0.05) is 40.0 Å². The molecule has 0 saturated carbocycles. The second kappa shape index (κ2) is 8.08. The van der Waals surface area contributed by atoms with E-state index in [0.717, 1.165) is 6.54 Å². The third-order valence-electron chi connectivity index (χ3n) is 3.17. The summed E-state index contributed by atoms with van der Waals surface area (Å²) in [5, 5.41) is 3.32. The van der Waals surface area contributed by atoms with Crippen LogP contribution in [0.1, 0.15) is 60.3 Å². The van der Waals surface area contributed by atoms with Crippen molar-refractivity contribution >= 4 is 5.95 Å². The molecular weight excluding hydrogens is 250 g/mol. The number of nitrogens with zero attached hydrogens (tertiary/aromatic N) is 2. The number of hydrogen-bond acceptors (Lipinski definition) is 4. The van der Waals surface area contributed by atoms with Gasteiger partial charge in [-0.15, -0.1) is 0 Å². The summed E-state index contributed by atoms with van der Waals surface area (Å²) in [6.07, 6.45) is 6.93. The average Bonchev–Trinajstić information content (AvgIpc) is 2.36. The van der Waals surface area contributed by atoms with Gasteiger partial charge in [0.05, 0.1) is 6.10 Å². The van der Waals surface area contributed by atoms with Crippen LogP contribution in [-0.2, 0) is 0 Å². The van der Waals surface area contributed by atoms with E-state index in [4.69, 9.17) is 4.74 Å². The van der Waals surface area contributed by atoms with Crippen LogP contribution in [0.25, 0.3) is 0 Å². The predicted molar refractivity (Wildman–Crippen MR) is 84.2 cm³/mol. The minimum atomic E-state index is 0.128. The predicted octanol–water partition coefficient (Wildman–Crippen LogP) is 4.28. The van der Waals surface area contributed by atoms with Gasteiger partial charge in [0.25, 0.3) is 0 Å². The van der Waals surface area contributed by atoms with E-state index in [2.05, 4.69) is 36.1 Å². The molecule has 0 radical (unpaired) electrons. The molecule has 0 aliphatic rings. The van der Waals surface area contributed by atoms with Crippen LogP contribution in [0.3, 0.4) is 0 Å². The normalized spacial score (nSPS) is 11.7. The van der Waals surface area contributed by atoms with E-state index in [1.165, 1.54) is 25.7 Å². The quantitative estimate of drug-likeness (QED) is 0.685. The van der Waals surface area contributed by atoms with Gasteiger partial charge in [-0.3, -0.25) is 0 Å². The maximum absolute atomic E-state index is 5.58. The molecule has 0 aliphatic heterocycles. The molecule has 0 atom stereocenters. The van der Waals surface area contributed by atoms with Gasteiger partial charge < -0.3 is 10.1 Å². The number of ether oxygens (including phenoxy) is 1. The van der Waals surface area contributed by atoms with Crippen molar-refractivity contribution in [1.82, 2.24) is 9.97 Å². The van der Waals surface area contributed by atoms with E-state index < -0.39 is 0 Å². The monoisotopic (exact) mass is 279 g/mol. The van der Waals surface area contributed by atoms with Gasteiger partial charge >= 0.3 is 0 Å². The Kier molecular flexibility index (Phi) is 6.76. The zero-order valence-corrected chi connectivity index (χ0v) is 13.6. The number of hydrogen-bond donors (Lipinski definition) is 1. The minimum Gasteiger partial charge on any atom is -0.475 e.